The van der Waals surface area contributed by atoms with Crippen molar-refractivity contribution in [2.45, 2.75) is 57.9 Å². The fourth-order valence-electron chi connectivity index (χ4n) is 2.21. The molecule has 1 unspecified atom stereocenters. The number of unbranched alkanes of at least 4 members (excludes halogenated alkanes) is 1. The summed E-state index contributed by atoms with van der Waals surface area (Å²) < 4.78 is 40.5. The molecular formula is C14H22FNO2S. The Morgan fingerprint density at radius 3 is 2.26 bits per heavy atom. The Labute approximate surface area is 115 Å². The van der Waals surface area contributed by atoms with Gasteiger partial charge in [0.05, 0.1) is 4.90 Å². The van der Waals surface area contributed by atoms with E-state index in [4.69, 9.17) is 0 Å². The summed E-state index contributed by atoms with van der Waals surface area (Å²) in [5, 5.41) is 0. The highest BCUT2D eigenvalue weighted by Gasteiger charge is 2.22. The van der Waals surface area contributed by atoms with Crippen LogP contribution in [0.5, 0.6) is 0 Å². The molecule has 108 valence electrons. The zero-order valence-electron chi connectivity index (χ0n) is 12.0. The van der Waals surface area contributed by atoms with E-state index in [1.54, 1.807) is 13.8 Å². The smallest absolute Gasteiger partial charge is 0.208 e. The number of halogens is 1. The summed E-state index contributed by atoms with van der Waals surface area (Å²) in [6.45, 7) is 7.14. The van der Waals surface area contributed by atoms with Crippen LogP contribution in [0.15, 0.2) is 17.0 Å². The van der Waals surface area contributed by atoms with Crippen molar-refractivity contribution in [2.24, 2.45) is 0 Å². The first-order chi connectivity index (χ1) is 8.77. The van der Waals surface area contributed by atoms with E-state index in [0.717, 1.165) is 19.3 Å². The van der Waals surface area contributed by atoms with E-state index in [1.165, 1.54) is 12.1 Å². The highest BCUT2D eigenvalue weighted by molar-refractivity contribution is 7.89. The lowest BCUT2D eigenvalue weighted by Crippen LogP contribution is -2.33. The lowest BCUT2D eigenvalue weighted by molar-refractivity contribution is 0.533. The van der Waals surface area contributed by atoms with Crippen LogP contribution < -0.4 is 4.72 Å². The third-order valence-corrected chi connectivity index (χ3v) is 4.93. The molecule has 0 spiro atoms. The number of rotatable bonds is 6. The summed E-state index contributed by atoms with van der Waals surface area (Å²) in [7, 11) is -3.58. The van der Waals surface area contributed by atoms with Crippen LogP contribution in [0.4, 0.5) is 4.39 Å². The van der Waals surface area contributed by atoms with E-state index in [1.807, 2.05) is 6.92 Å². The van der Waals surface area contributed by atoms with Gasteiger partial charge in [0.25, 0.3) is 0 Å². The van der Waals surface area contributed by atoms with Crippen LogP contribution in [0, 0.1) is 19.7 Å². The average Bonchev–Trinajstić information content (AvgIpc) is 2.23. The molecule has 0 fully saturated rings. The third kappa shape index (κ3) is 4.28. The van der Waals surface area contributed by atoms with E-state index in [2.05, 4.69) is 11.6 Å². The Kier molecular flexibility index (Phi) is 5.50. The van der Waals surface area contributed by atoms with Gasteiger partial charge in [0, 0.05) is 6.04 Å². The number of aryl methyl sites for hydroxylation is 2. The Hall–Kier alpha value is -0.940. The minimum absolute atomic E-state index is 0.117. The van der Waals surface area contributed by atoms with Crippen molar-refractivity contribution >= 4 is 10.0 Å². The van der Waals surface area contributed by atoms with Crippen LogP contribution in [-0.2, 0) is 10.0 Å². The normalized spacial score (nSPS) is 13.5. The Morgan fingerprint density at radius 2 is 1.79 bits per heavy atom. The maximum absolute atomic E-state index is 13.2. The Bertz CT molecular complexity index is 517. The van der Waals surface area contributed by atoms with Crippen molar-refractivity contribution < 1.29 is 12.8 Å². The maximum atomic E-state index is 13.2. The molecule has 1 atom stereocenters. The standard InChI is InChI=1S/C14H22FNO2S/c1-5-6-7-12(4)16-19(17,18)14-10(2)8-13(15)9-11(14)3/h8-9,12,16H,5-7H2,1-4H3. The molecule has 0 bridgehead atoms. The van der Waals surface area contributed by atoms with Gasteiger partial charge in [-0.2, -0.15) is 0 Å². The van der Waals surface area contributed by atoms with Crippen LogP contribution in [0.25, 0.3) is 0 Å². The SMILES string of the molecule is CCCCC(C)NS(=O)(=O)c1c(C)cc(F)cc1C. The molecule has 3 nitrogen and oxygen atoms in total. The Balaban J connectivity index is 3.01. The number of nitrogens with one attached hydrogen (secondary N) is 1. The molecule has 0 aliphatic carbocycles. The van der Waals surface area contributed by atoms with E-state index in [9.17, 15) is 12.8 Å². The van der Waals surface area contributed by atoms with E-state index < -0.39 is 15.8 Å². The van der Waals surface area contributed by atoms with Crippen LogP contribution >= 0.6 is 0 Å². The van der Waals surface area contributed by atoms with Gasteiger partial charge in [-0.25, -0.2) is 17.5 Å². The molecule has 1 aromatic carbocycles. The highest BCUT2D eigenvalue weighted by atomic mass is 32.2. The molecule has 19 heavy (non-hydrogen) atoms. The molecule has 0 saturated heterocycles. The van der Waals surface area contributed by atoms with Gasteiger partial charge in [-0.05, 0) is 50.5 Å². The summed E-state index contributed by atoms with van der Waals surface area (Å²) in [4.78, 5) is 0.192. The predicted octanol–water partition coefficient (Wildman–Crippen LogP) is 3.30. The lowest BCUT2D eigenvalue weighted by Gasteiger charge is -2.16. The summed E-state index contributed by atoms with van der Waals surface area (Å²) in [6.07, 6.45) is 2.81. The highest BCUT2D eigenvalue weighted by Crippen LogP contribution is 2.21. The number of hydrogen-bond acceptors (Lipinski definition) is 2. The second-order valence-corrected chi connectivity index (χ2v) is 6.68. The van der Waals surface area contributed by atoms with Crippen LogP contribution in [0.2, 0.25) is 0 Å². The second-order valence-electron chi connectivity index (χ2n) is 5.03. The van der Waals surface area contributed by atoms with Crippen molar-refractivity contribution in [1.29, 1.82) is 0 Å². The molecule has 0 aliphatic heterocycles. The molecule has 0 aromatic heterocycles. The van der Waals surface area contributed by atoms with Crippen molar-refractivity contribution in [3.05, 3.63) is 29.1 Å². The van der Waals surface area contributed by atoms with Gasteiger partial charge in [-0.15, -0.1) is 0 Å². The van der Waals surface area contributed by atoms with Crippen LogP contribution in [0.1, 0.15) is 44.2 Å². The van der Waals surface area contributed by atoms with E-state index in [0.29, 0.717) is 11.1 Å². The number of benzene rings is 1. The molecule has 1 rings (SSSR count). The Morgan fingerprint density at radius 1 is 1.26 bits per heavy atom. The minimum Gasteiger partial charge on any atom is -0.208 e. The van der Waals surface area contributed by atoms with E-state index in [-0.39, 0.29) is 10.9 Å². The molecular weight excluding hydrogens is 265 g/mol. The quantitative estimate of drug-likeness (QED) is 0.872. The molecule has 0 radical (unpaired) electrons. The third-order valence-electron chi connectivity index (χ3n) is 3.04. The zero-order valence-corrected chi connectivity index (χ0v) is 12.8. The van der Waals surface area contributed by atoms with Crippen LogP contribution in [0.3, 0.4) is 0 Å². The fraction of sp³-hybridized carbons (Fsp3) is 0.571. The number of sulfonamides is 1. The van der Waals surface area contributed by atoms with E-state index >= 15 is 0 Å². The molecule has 0 heterocycles. The predicted molar refractivity (Wildman–Crippen MR) is 75.2 cm³/mol. The lowest BCUT2D eigenvalue weighted by atomic mass is 10.1. The second kappa shape index (κ2) is 6.48. The average molecular weight is 287 g/mol. The minimum atomic E-state index is -3.58. The summed E-state index contributed by atoms with van der Waals surface area (Å²) in [5.41, 5.74) is 0.875. The molecule has 0 aliphatic rings. The summed E-state index contributed by atoms with van der Waals surface area (Å²) >= 11 is 0. The summed E-state index contributed by atoms with van der Waals surface area (Å²) in [6, 6.07) is 2.38. The van der Waals surface area contributed by atoms with Crippen molar-refractivity contribution in [3.8, 4) is 0 Å². The molecule has 0 saturated carbocycles. The first-order valence-electron chi connectivity index (χ1n) is 6.57. The van der Waals surface area contributed by atoms with Crippen LogP contribution in [-0.4, -0.2) is 14.5 Å². The zero-order chi connectivity index (χ0) is 14.6. The summed E-state index contributed by atoms with van der Waals surface area (Å²) in [5.74, 6) is -0.409. The molecule has 1 aromatic rings. The van der Waals surface area contributed by atoms with Gasteiger partial charge in [0.15, 0.2) is 0 Å². The molecule has 5 heteroatoms. The van der Waals surface area contributed by atoms with Gasteiger partial charge in [0.1, 0.15) is 5.82 Å². The van der Waals surface area contributed by atoms with Gasteiger partial charge in [-0.3, -0.25) is 0 Å². The largest absolute Gasteiger partial charge is 0.241 e. The van der Waals surface area contributed by atoms with Gasteiger partial charge in [-0.1, -0.05) is 19.8 Å². The van der Waals surface area contributed by atoms with Gasteiger partial charge < -0.3 is 0 Å². The van der Waals surface area contributed by atoms with Gasteiger partial charge >= 0.3 is 0 Å². The molecule has 1 N–H and O–H groups in total. The monoisotopic (exact) mass is 287 g/mol. The van der Waals surface area contributed by atoms with Crippen molar-refractivity contribution in [2.75, 3.05) is 0 Å². The molecule has 0 amide bonds. The fourth-order valence-corrected chi connectivity index (χ4v) is 3.95. The number of hydrogen-bond donors (Lipinski definition) is 1. The first-order valence-corrected chi connectivity index (χ1v) is 8.05. The maximum Gasteiger partial charge on any atom is 0.241 e. The van der Waals surface area contributed by atoms with Crippen molar-refractivity contribution in [1.82, 2.24) is 4.72 Å². The first kappa shape index (κ1) is 16.1. The topological polar surface area (TPSA) is 46.2 Å². The van der Waals surface area contributed by atoms with Gasteiger partial charge in [0.2, 0.25) is 10.0 Å². The van der Waals surface area contributed by atoms with Crippen molar-refractivity contribution in [3.63, 3.8) is 0 Å².